The zero-order valence-electron chi connectivity index (χ0n) is 13.4. The highest BCUT2D eigenvalue weighted by Crippen LogP contribution is 1.87. The van der Waals surface area contributed by atoms with E-state index in [4.69, 9.17) is 18.9 Å². The van der Waals surface area contributed by atoms with Crippen LogP contribution in [0.25, 0.3) is 0 Å². The molecule has 0 aromatic carbocycles. The van der Waals surface area contributed by atoms with Crippen molar-refractivity contribution >= 4 is 11.9 Å². The third kappa shape index (κ3) is 16.8. The normalized spacial score (nSPS) is 10.5. The van der Waals surface area contributed by atoms with E-state index in [2.05, 4.69) is 10.1 Å². The maximum Gasteiger partial charge on any atom is 0.307 e. The van der Waals surface area contributed by atoms with Crippen LogP contribution < -0.4 is 5.32 Å². The Balaban J connectivity index is 3.02. The van der Waals surface area contributed by atoms with E-state index >= 15 is 0 Å². The minimum Gasteiger partial charge on any atom is -0.469 e. The fourth-order valence-corrected chi connectivity index (χ4v) is 1.32. The van der Waals surface area contributed by atoms with E-state index in [0.717, 1.165) is 0 Å². The van der Waals surface area contributed by atoms with Gasteiger partial charge in [-0.25, -0.2) is 0 Å². The summed E-state index contributed by atoms with van der Waals surface area (Å²) in [7, 11) is 1.35. The first kappa shape index (κ1) is 20.8. The monoisotopic (exact) mass is 321 g/mol. The summed E-state index contributed by atoms with van der Waals surface area (Å²) in [5, 5.41) is 2.63. The first-order valence-electron chi connectivity index (χ1n) is 7.29. The summed E-state index contributed by atoms with van der Waals surface area (Å²) >= 11 is 0. The van der Waals surface area contributed by atoms with Crippen LogP contribution in [0, 0.1) is 0 Å². The Kier molecular flexibility index (Phi) is 15.3. The van der Waals surface area contributed by atoms with Crippen molar-refractivity contribution in [1.82, 2.24) is 5.32 Å². The van der Waals surface area contributed by atoms with Crippen molar-refractivity contribution in [3.8, 4) is 0 Å². The standard InChI is InChI=1S/C14H27NO7/c1-13(16)15-4-6-20-8-10-22-12-11-21-9-7-19-5-3-14(17)18-2/h3-12H2,1-2H3,(H,15,16). The second kappa shape index (κ2) is 16.2. The van der Waals surface area contributed by atoms with Crippen molar-refractivity contribution in [2.75, 3.05) is 66.5 Å². The third-order valence-electron chi connectivity index (χ3n) is 2.41. The minimum atomic E-state index is -0.284. The number of esters is 1. The van der Waals surface area contributed by atoms with E-state index in [0.29, 0.717) is 59.4 Å². The number of rotatable bonds is 15. The van der Waals surface area contributed by atoms with Gasteiger partial charge in [0.2, 0.25) is 5.91 Å². The second-order valence-electron chi connectivity index (χ2n) is 4.26. The van der Waals surface area contributed by atoms with Gasteiger partial charge in [-0.3, -0.25) is 9.59 Å². The van der Waals surface area contributed by atoms with Crippen LogP contribution in [0.5, 0.6) is 0 Å². The summed E-state index contributed by atoms with van der Waals surface area (Å²) in [6.45, 7) is 5.60. The molecule has 22 heavy (non-hydrogen) atoms. The van der Waals surface area contributed by atoms with E-state index in [1.54, 1.807) is 0 Å². The lowest BCUT2D eigenvalue weighted by molar-refractivity contribution is -0.142. The Morgan fingerprint density at radius 2 is 1.23 bits per heavy atom. The molecular weight excluding hydrogens is 294 g/mol. The van der Waals surface area contributed by atoms with Crippen molar-refractivity contribution in [3.63, 3.8) is 0 Å². The molecule has 0 aliphatic rings. The molecule has 8 heteroatoms. The van der Waals surface area contributed by atoms with Gasteiger partial charge in [0.1, 0.15) is 0 Å². The van der Waals surface area contributed by atoms with Crippen LogP contribution >= 0.6 is 0 Å². The van der Waals surface area contributed by atoms with Crippen molar-refractivity contribution in [2.45, 2.75) is 13.3 Å². The van der Waals surface area contributed by atoms with Gasteiger partial charge >= 0.3 is 5.97 Å². The lowest BCUT2D eigenvalue weighted by Gasteiger charge is -2.07. The third-order valence-corrected chi connectivity index (χ3v) is 2.41. The number of nitrogens with one attached hydrogen (secondary N) is 1. The lowest BCUT2D eigenvalue weighted by atomic mass is 10.5. The van der Waals surface area contributed by atoms with E-state index in [1.165, 1.54) is 14.0 Å². The van der Waals surface area contributed by atoms with Crippen LogP contribution in [0.1, 0.15) is 13.3 Å². The Bertz CT molecular complexity index is 286. The summed E-state index contributed by atoms with van der Waals surface area (Å²) in [5.41, 5.74) is 0. The molecule has 0 heterocycles. The van der Waals surface area contributed by atoms with Gasteiger partial charge < -0.3 is 29.0 Å². The average molecular weight is 321 g/mol. The molecule has 0 bridgehead atoms. The lowest BCUT2D eigenvalue weighted by Crippen LogP contribution is -2.25. The van der Waals surface area contributed by atoms with Crippen LogP contribution in [0.15, 0.2) is 0 Å². The molecule has 8 nitrogen and oxygen atoms in total. The van der Waals surface area contributed by atoms with Crippen LogP contribution in [0.3, 0.4) is 0 Å². The number of ether oxygens (including phenoxy) is 5. The van der Waals surface area contributed by atoms with E-state index in [9.17, 15) is 9.59 Å². The molecule has 1 N–H and O–H groups in total. The van der Waals surface area contributed by atoms with Gasteiger partial charge in [-0.2, -0.15) is 0 Å². The maximum absolute atomic E-state index is 10.8. The van der Waals surface area contributed by atoms with Crippen LogP contribution in [0.4, 0.5) is 0 Å². The Morgan fingerprint density at radius 3 is 1.68 bits per heavy atom. The predicted molar refractivity (Wildman–Crippen MR) is 78.6 cm³/mol. The van der Waals surface area contributed by atoms with Crippen LogP contribution in [0.2, 0.25) is 0 Å². The van der Waals surface area contributed by atoms with E-state index in [1.807, 2.05) is 0 Å². The van der Waals surface area contributed by atoms with Gasteiger partial charge in [-0.15, -0.1) is 0 Å². The predicted octanol–water partition coefficient (Wildman–Crippen LogP) is -0.248. The molecule has 0 unspecified atom stereocenters. The van der Waals surface area contributed by atoms with Crippen molar-refractivity contribution in [2.24, 2.45) is 0 Å². The highest BCUT2D eigenvalue weighted by Gasteiger charge is 1.99. The van der Waals surface area contributed by atoms with Crippen LogP contribution in [-0.4, -0.2) is 78.4 Å². The molecule has 0 aliphatic heterocycles. The van der Waals surface area contributed by atoms with Gasteiger partial charge in [-0.05, 0) is 0 Å². The zero-order valence-corrected chi connectivity index (χ0v) is 13.4. The molecule has 1 amide bonds. The molecule has 130 valence electrons. The first-order valence-corrected chi connectivity index (χ1v) is 7.29. The summed E-state index contributed by atoms with van der Waals surface area (Å²) in [4.78, 5) is 21.4. The number of methoxy groups -OCH3 is 1. The topological polar surface area (TPSA) is 92.3 Å². The van der Waals surface area contributed by atoms with Gasteiger partial charge in [0.15, 0.2) is 0 Å². The molecule has 0 rings (SSSR count). The summed E-state index contributed by atoms with van der Waals surface area (Å²) in [5.74, 6) is -0.347. The largest absolute Gasteiger partial charge is 0.469 e. The smallest absolute Gasteiger partial charge is 0.307 e. The van der Waals surface area contributed by atoms with Crippen molar-refractivity contribution in [1.29, 1.82) is 0 Å². The fraction of sp³-hybridized carbons (Fsp3) is 0.857. The average Bonchev–Trinajstić information content (AvgIpc) is 2.50. The first-order chi connectivity index (χ1) is 10.7. The molecule has 0 atom stereocenters. The van der Waals surface area contributed by atoms with E-state index < -0.39 is 0 Å². The number of carbonyl (C=O) groups excluding carboxylic acids is 2. The fourth-order valence-electron chi connectivity index (χ4n) is 1.32. The van der Waals surface area contributed by atoms with Crippen molar-refractivity contribution in [3.05, 3.63) is 0 Å². The SMILES string of the molecule is COC(=O)CCOCCOCCOCCOCCNC(C)=O. The molecule has 0 aromatic rings. The van der Waals surface area contributed by atoms with Crippen LogP contribution in [-0.2, 0) is 33.3 Å². The molecule has 0 fully saturated rings. The number of amides is 1. The molecule has 0 saturated heterocycles. The minimum absolute atomic E-state index is 0.0636. The Morgan fingerprint density at radius 1 is 0.773 bits per heavy atom. The molecule has 0 radical (unpaired) electrons. The van der Waals surface area contributed by atoms with Gasteiger partial charge in [0.25, 0.3) is 0 Å². The molecule has 0 aliphatic carbocycles. The Hall–Kier alpha value is -1.22. The number of hydrogen-bond acceptors (Lipinski definition) is 7. The summed E-state index contributed by atoms with van der Waals surface area (Å²) < 4.78 is 25.5. The maximum atomic E-state index is 10.8. The number of hydrogen-bond donors (Lipinski definition) is 1. The molecule has 0 saturated carbocycles. The summed E-state index contributed by atoms with van der Waals surface area (Å²) in [6, 6.07) is 0. The van der Waals surface area contributed by atoms with E-state index in [-0.39, 0.29) is 18.3 Å². The quantitative estimate of drug-likeness (QED) is 0.328. The van der Waals surface area contributed by atoms with Gasteiger partial charge in [0.05, 0.1) is 66.4 Å². The molecule has 0 aromatic heterocycles. The molecular formula is C14H27NO7. The number of carbonyl (C=O) groups is 2. The second-order valence-corrected chi connectivity index (χ2v) is 4.26. The summed E-state index contributed by atoms with van der Waals surface area (Å²) in [6.07, 6.45) is 0.252. The van der Waals surface area contributed by atoms with Gasteiger partial charge in [0, 0.05) is 13.5 Å². The van der Waals surface area contributed by atoms with Gasteiger partial charge in [-0.1, -0.05) is 0 Å². The van der Waals surface area contributed by atoms with Crippen molar-refractivity contribution < 1.29 is 33.3 Å². The Labute approximate surface area is 131 Å². The highest BCUT2D eigenvalue weighted by molar-refractivity contribution is 5.72. The highest BCUT2D eigenvalue weighted by atomic mass is 16.6. The molecule has 0 spiro atoms. The zero-order chi connectivity index (χ0) is 16.5.